The molecule has 0 aromatic carbocycles. The van der Waals surface area contributed by atoms with Crippen LogP contribution in [0.3, 0.4) is 0 Å². The summed E-state index contributed by atoms with van der Waals surface area (Å²) in [7, 11) is 4.05. The van der Waals surface area contributed by atoms with E-state index < -0.39 is 0 Å². The molecule has 2 fully saturated rings. The molecule has 0 aliphatic carbocycles. The van der Waals surface area contributed by atoms with Crippen molar-refractivity contribution in [2.75, 3.05) is 4.90 Å². The molecule has 0 amide bonds. The number of hydrogen-bond donors (Lipinski definition) is 0. The molecule has 0 radical (unpaired) electrons. The van der Waals surface area contributed by atoms with Crippen LogP contribution in [0.25, 0.3) is 11.0 Å². The second kappa shape index (κ2) is 5.31. The lowest BCUT2D eigenvalue weighted by Crippen LogP contribution is -2.42. The van der Waals surface area contributed by atoms with Crippen LogP contribution in [0.5, 0.6) is 0 Å². The molecule has 5 rings (SSSR count). The third kappa shape index (κ3) is 2.12. The Morgan fingerprint density at radius 2 is 1.76 bits per heavy atom. The maximum atomic E-state index is 4.60. The van der Waals surface area contributed by atoms with Gasteiger partial charge in [-0.05, 0) is 44.7 Å². The molecule has 25 heavy (non-hydrogen) atoms. The van der Waals surface area contributed by atoms with Gasteiger partial charge in [0.1, 0.15) is 0 Å². The predicted molar refractivity (Wildman–Crippen MR) is 97.7 cm³/mol. The van der Waals surface area contributed by atoms with Crippen molar-refractivity contribution < 1.29 is 0 Å². The van der Waals surface area contributed by atoms with E-state index in [9.17, 15) is 0 Å². The largest absolute Gasteiger partial charge is 0.365 e. The van der Waals surface area contributed by atoms with Crippen molar-refractivity contribution in [1.29, 1.82) is 0 Å². The first-order valence-corrected chi connectivity index (χ1v) is 9.18. The van der Waals surface area contributed by atoms with Crippen LogP contribution in [-0.4, -0.2) is 36.6 Å². The first kappa shape index (κ1) is 14.9. The van der Waals surface area contributed by atoms with Gasteiger partial charge in [-0.1, -0.05) is 0 Å². The minimum absolute atomic E-state index is 0.601. The molecule has 5 heterocycles. The zero-order valence-corrected chi connectivity index (χ0v) is 15.1. The third-order valence-corrected chi connectivity index (χ3v) is 6.17. The number of aryl methyl sites for hydroxylation is 3. The molecule has 0 spiro atoms. The van der Waals surface area contributed by atoms with E-state index in [2.05, 4.69) is 50.9 Å². The van der Waals surface area contributed by atoms with Gasteiger partial charge < -0.3 is 4.90 Å². The Morgan fingerprint density at radius 3 is 2.44 bits per heavy atom. The Bertz CT molecular complexity index is 925. The van der Waals surface area contributed by atoms with Gasteiger partial charge in [0.15, 0.2) is 5.65 Å². The number of anilines is 1. The van der Waals surface area contributed by atoms with Crippen molar-refractivity contribution in [2.45, 2.75) is 50.6 Å². The molecule has 0 N–H and O–H groups in total. The Labute approximate surface area is 147 Å². The van der Waals surface area contributed by atoms with E-state index in [0.29, 0.717) is 18.0 Å². The van der Waals surface area contributed by atoms with Crippen molar-refractivity contribution >= 4 is 16.7 Å². The number of fused-ring (bicyclic) bond motifs is 3. The number of nitrogens with zero attached hydrogens (tertiary/aromatic N) is 6. The molecule has 2 aliphatic heterocycles. The maximum absolute atomic E-state index is 4.60. The summed E-state index contributed by atoms with van der Waals surface area (Å²) in [5, 5.41) is 10.2. The minimum atomic E-state index is 0.601. The standard InChI is InChI=1S/C19H24N6/c1-12-18-17(6-8-20-19(18)24(3)22-12)25-14-4-5-15(25)11-13(10-14)16-7-9-21-23(16)2/h6-9,13-15H,4-5,10-11H2,1-3H3. The fourth-order valence-corrected chi connectivity index (χ4v) is 5.17. The van der Waals surface area contributed by atoms with Gasteiger partial charge in [-0.15, -0.1) is 0 Å². The van der Waals surface area contributed by atoms with Crippen molar-refractivity contribution in [3.8, 4) is 0 Å². The van der Waals surface area contributed by atoms with Gasteiger partial charge in [0.05, 0.1) is 16.8 Å². The minimum Gasteiger partial charge on any atom is -0.365 e. The lowest BCUT2D eigenvalue weighted by Gasteiger charge is -2.41. The van der Waals surface area contributed by atoms with E-state index in [0.717, 1.165) is 11.3 Å². The normalized spacial score (nSPS) is 25.9. The number of rotatable bonds is 2. The van der Waals surface area contributed by atoms with Crippen LogP contribution in [0, 0.1) is 6.92 Å². The van der Waals surface area contributed by atoms with E-state index in [1.807, 2.05) is 24.1 Å². The summed E-state index contributed by atoms with van der Waals surface area (Å²) in [6, 6.07) is 5.58. The summed E-state index contributed by atoms with van der Waals surface area (Å²) in [4.78, 5) is 7.23. The zero-order valence-electron chi connectivity index (χ0n) is 15.1. The maximum Gasteiger partial charge on any atom is 0.159 e. The van der Waals surface area contributed by atoms with E-state index in [1.54, 1.807) is 0 Å². The number of pyridine rings is 1. The summed E-state index contributed by atoms with van der Waals surface area (Å²) in [5.41, 5.74) is 4.78. The zero-order chi connectivity index (χ0) is 17.1. The van der Waals surface area contributed by atoms with Crippen LogP contribution >= 0.6 is 0 Å². The van der Waals surface area contributed by atoms with Gasteiger partial charge in [0.25, 0.3) is 0 Å². The molecule has 2 atom stereocenters. The summed E-state index contributed by atoms with van der Waals surface area (Å²) in [5.74, 6) is 0.619. The van der Waals surface area contributed by atoms with Crippen molar-refractivity contribution in [1.82, 2.24) is 24.5 Å². The molecular weight excluding hydrogens is 312 g/mol. The summed E-state index contributed by atoms with van der Waals surface area (Å²) < 4.78 is 3.95. The molecule has 2 bridgehead atoms. The van der Waals surface area contributed by atoms with Crippen LogP contribution in [0.2, 0.25) is 0 Å². The van der Waals surface area contributed by atoms with Crippen molar-refractivity contribution in [3.05, 3.63) is 35.9 Å². The van der Waals surface area contributed by atoms with Crippen LogP contribution in [0.1, 0.15) is 43.0 Å². The van der Waals surface area contributed by atoms with Gasteiger partial charge in [-0.25, -0.2) is 4.98 Å². The molecule has 3 aromatic rings. The summed E-state index contributed by atoms with van der Waals surface area (Å²) in [6.07, 6.45) is 8.84. The number of piperidine rings is 1. The topological polar surface area (TPSA) is 51.8 Å². The molecule has 6 heteroatoms. The highest BCUT2D eigenvalue weighted by molar-refractivity contribution is 5.92. The van der Waals surface area contributed by atoms with Gasteiger partial charge in [-0.2, -0.15) is 10.2 Å². The second-order valence-electron chi connectivity index (χ2n) is 7.58. The SMILES string of the molecule is Cc1nn(C)c2nccc(N3C4CCC3CC(c3ccnn3C)C4)c12. The quantitative estimate of drug-likeness (QED) is 0.722. The fourth-order valence-electron chi connectivity index (χ4n) is 5.17. The van der Waals surface area contributed by atoms with E-state index in [-0.39, 0.29) is 0 Å². The second-order valence-corrected chi connectivity index (χ2v) is 7.58. The molecule has 2 aliphatic rings. The Hall–Kier alpha value is -2.37. The Balaban J connectivity index is 1.54. The molecule has 6 nitrogen and oxygen atoms in total. The summed E-state index contributed by atoms with van der Waals surface area (Å²) >= 11 is 0. The van der Waals surface area contributed by atoms with E-state index in [1.165, 1.54) is 42.5 Å². The Morgan fingerprint density at radius 1 is 1.00 bits per heavy atom. The highest BCUT2D eigenvalue weighted by atomic mass is 15.3. The van der Waals surface area contributed by atoms with Gasteiger partial charge in [-0.3, -0.25) is 9.36 Å². The molecule has 2 unspecified atom stereocenters. The fraction of sp³-hybridized carbons (Fsp3) is 0.526. The highest BCUT2D eigenvalue weighted by Gasteiger charge is 2.42. The summed E-state index contributed by atoms with van der Waals surface area (Å²) in [6.45, 7) is 2.10. The highest BCUT2D eigenvalue weighted by Crippen LogP contribution is 2.46. The average Bonchev–Trinajstić information content (AvgIpc) is 3.23. The third-order valence-electron chi connectivity index (χ3n) is 6.17. The van der Waals surface area contributed by atoms with Crippen LogP contribution in [-0.2, 0) is 14.1 Å². The van der Waals surface area contributed by atoms with Crippen LogP contribution in [0.4, 0.5) is 5.69 Å². The van der Waals surface area contributed by atoms with Crippen LogP contribution in [0.15, 0.2) is 24.5 Å². The predicted octanol–water partition coefficient (Wildman–Crippen LogP) is 2.93. The van der Waals surface area contributed by atoms with Gasteiger partial charge >= 0.3 is 0 Å². The van der Waals surface area contributed by atoms with Crippen molar-refractivity contribution in [2.24, 2.45) is 14.1 Å². The molecule has 0 saturated carbocycles. The number of hydrogen-bond acceptors (Lipinski definition) is 4. The smallest absolute Gasteiger partial charge is 0.159 e. The lowest BCUT2D eigenvalue weighted by molar-refractivity contribution is 0.401. The van der Waals surface area contributed by atoms with Crippen LogP contribution < -0.4 is 4.90 Å². The van der Waals surface area contributed by atoms with Gasteiger partial charge in [0.2, 0.25) is 0 Å². The molecule has 130 valence electrons. The first-order chi connectivity index (χ1) is 12.1. The Kier molecular flexibility index (Phi) is 3.17. The molecule has 2 saturated heterocycles. The van der Waals surface area contributed by atoms with E-state index in [4.69, 9.17) is 0 Å². The molecule has 3 aromatic heterocycles. The molecular formula is C19H24N6. The van der Waals surface area contributed by atoms with Gasteiger partial charge in [0, 0.05) is 50.2 Å². The lowest BCUT2D eigenvalue weighted by atomic mass is 9.87. The number of aromatic nitrogens is 5. The average molecular weight is 336 g/mol. The van der Waals surface area contributed by atoms with E-state index >= 15 is 0 Å². The first-order valence-electron chi connectivity index (χ1n) is 9.18. The monoisotopic (exact) mass is 336 g/mol. The van der Waals surface area contributed by atoms with Crippen molar-refractivity contribution in [3.63, 3.8) is 0 Å².